The number of carbonyl (C=O) groups is 2. The van der Waals surface area contributed by atoms with Crippen LogP contribution >= 0.6 is 73.4 Å². The molecule has 0 saturated carbocycles. The van der Waals surface area contributed by atoms with E-state index in [1.807, 2.05) is 48.5 Å². The molecule has 17 nitrogen and oxygen atoms in total. The number of carbonyl (C=O) groups excluding carboxylic acids is 1. The number of hydrogen-bond acceptors (Lipinski definition) is 13. The number of nitrogens with two attached hydrogens (primary N) is 1. The SMILES string of the molecule is N[C@H]1CCOc2ccccc21.O=C(N[C@H]1CCOc2ccccc21)c1cnn2c(-c3cc(Cl)cc(Cl)c3)c(C(F)(F)F)nc2c1N1CCOCC1.O=C(O)c1cnn2c(-c3cc(Cl)cc(Cl)c3)c(C(F)(F)F)nc2c1N1CCOCC1.S.S. The van der Waals surface area contributed by atoms with Crippen LogP contribution in [0.15, 0.2) is 97.3 Å². The zero-order valence-electron chi connectivity index (χ0n) is 43.2. The molecule has 0 unspecified atom stereocenters. The Balaban J connectivity index is 0.000000184. The number of aromatic carboxylic acids is 1. The van der Waals surface area contributed by atoms with Crippen molar-refractivity contribution in [2.75, 3.05) is 75.6 Å². The lowest BCUT2D eigenvalue weighted by Crippen LogP contribution is -2.39. The molecule has 2 atom stereocenters. The molecular weight excluding hydrogens is 1220 g/mol. The van der Waals surface area contributed by atoms with E-state index in [1.54, 1.807) is 9.80 Å². The minimum Gasteiger partial charge on any atom is -0.493 e. The number of carboxylic acid groups (broad SMARTS) is 1. The van der Waals surface area contributed by atoms with Gasteiger partial charge in [0.05, 0.1) is 75.0 Å². The van der Waals surface area contributed by atoms with Gasteiger partial charge in [0.2, 0.25) is 0 Å². The number of para-hydroxylation sites is 2. The predicted molar refractivity (Wildman–Crippen MR) is 311 cm³/mol. The van der Waals surface area contributed by atoms with Crippen LogP contribution in [0.25, 0.3) is 33.8 Å². The van der Waals surface area contributed by atoms with E-state index >= 15 is 0 Å². The van der Waals surface area contributed by atoms with E-state index in [0.717, 1.165) is 45.1 Å². The first-order valence-corrected chi connectivity index (χ1v) is 26.6. The summed E-state index contributed by atoms with van der Waals surface area (Å²) in [7, 11) is 0. The third-order valence-electron chi connectivity index (χ3n) is 13.5. The van der Waals surface area contributed by atoms with Gasteiger partial charge in [0.15, 0.2) is 22.7 Å². The van der Waals surface area contributed by atoms with Gasteiger partial charge in [0, 0.05) is 87.4 Å². The molecule has 4 aromatic heterocycles. The van der Waals surface area contributed by atoms with Gasteiger partial charge in [-0.1, -0.05) is 82.8 Å². The summed E-state index contributed by atoms with van der Waals surface area (Å²) in [5.41, 5.74) is 4.68. The Morgan fingerprint density at radius 2 is 1.00 bits per heavy atom. The number of ether oxygens (including phenoxy) is 4. The number of anilines is 2. The average molecular weight is 1270 g/mol. The van der Waals surface area contributed by atoms with Gasteiger partial charge in [0.1, 0.15) is 28.5 Å². The lowest BCUT2D eigenvalue weighted by molar-refractivity contribution is -0.141. The number of imidazole rings is 2. The molecular formula is C54H50Cl4F6N10O7S2. The molecule has 1 amide bonds. The molecule has 8 heterocycles. The summed E-state index contributed by atoms with van der Waals surface area (Å²) < 4.78 is 109. The summed E-state index contributed by atoms with van der Waals surface area (Å²) >= 11 is 24.2. The average Bonchev–Trinajstić information content (AvgIpc) is 4.17. The number of nitrogens with zero attached hydrogens (tertiary/aromatic N) is 8. The molecule has 2 fully saturated rings. The number of aromatic nitrogens is 6. The second-order valence-corrected chi connectivity index (χ2v) is 20.4. The van der Waals surface area contributed by atoms with Crippen molar-refractivity contribution in [2.24, 2.45) is 5.73 Å². The minimum atomic E-state index is -4.83. The van der Waals surface area contributed by atoms with Crippen molar-refractivity contribution in [3.63, 3.8) is 0 Å². The highest BCUT2D eigenvalue weighted by atomic mass is 35.5. The van der Waals surface area contributed by atoms with Crippen molar-refractivity contribution < 1.29 is 60.0 Å². The van der Waals surface area contributed by atoms with Gasteiger partial charge in [-0.3, -0.25) is 4.79 Å². The van der Waals surface area contributed by atoms with Gasteiger partial charge >= 0.3 is 18.3 Å². The number of halogens is 10. The third-order valence-corrected chi connectivity index (χ3v) is 14.3. The molecule has 0 radical (unpaired) electrons. The fourth-order valence-corrected chi connectivity index (χ4v) is 10.9. The van der Waals surface area contributed by atoms with Crippen molar-refractivity contribution in [1.29, 1.82) is 0 Å². The summed E-state index contributed by atoms with van der Waals surface area (Å²) in [6.07, 6.45) is -5.91. The molecule has 4 aliphatic heterocycles. The molecule has 29 heteroatoms. The standard InChI is InChI=1S/C27H22Cl2F3N5O3.C18H13Cl2F3N4O3.C9H11NO.2H2S/c28-16-11-15(12-17(29)13-16)22-24(27(30,31)32)35-25-23(36-6-9-39-10-7-36)19(14-33-37(22)25)26(38)34-20-5-8-40-21-4-2-1-3-18(20)21;19-10-5-9(6-11(20)7-10)13-15(18(21,22)23)25-16-14(26-1-3-30-4-2-26)12(17(28)29)8-24-27(13)16;10-8-5-6-11-9-4-2-1-3-7(8)9;;/h1-4,11-14,20H,5-10H2,(H,34,38);5-8H,1-4H2,(H,28,29);1-4,8H,5-6,10H2;2*1H2/t20-;;8-;;/m0.0../s1. The maximum absolute atomic E-state index is 14.4. The second-order valence-electron chi connectivity index (χ2n) is 18.7. The number of amides is 1. The van der Waals surface area contributed by atoms with Gasteiger partial charge in [-0.15, -0.1) is 0 Å². The molecule has 0 spiro atoms. The first-order valence-electron chi connectivity index (χ1n) is 25.0. The highest BCUT2D eigenvalue weighted by molar-refractivity contribution is 7.59. The number of carboxylic acids is 1. The molecule has 12 rings (SSSR count). The number of rotatable bonds is 7. The zero-order chi connectivity index (χ0) is 57.3. The van der Waals surface area contributed by atoms with E-state index < -0.39 is 35.6 Å². The van der Waals surface area contributed by atoms with Crippen LogP contribution in [0.3, 0.4) is 0 Å². The summed E-state index contributed by atoms with van der Waals surface area (Å²) in [5.74, 6) is -0.183. The van der Waals surface area contributed by atoms with Crippen molar-refractivity contribution >= 4 is 108 Å². The first-order chi connectivity index (χ1) is 38.7. The van der Waals surface area contributed by atoms with Gasteiger partial charge in [0.25, 0.3) is 5.91 Å². The van der Waals surface area contributed by atoms with E-state index in [4.69, 9.17) is 71.1 Å². The highest BCUT2D eigenvalue weighted by Gasteiger charge is 2.42. The van der Waals surface area contributed by atoms with Crippen molar-refractivity contribution in [3.8, 4) is 34.0 Å². The number of morpholine rings is 2. The van der Waals surface area contributed by atoms with Crippen molar-refractivity contribution in [1.82, 2.24) is 34.5 Å². The van der Waals surface area contributed by atoms with Crippen LogP contribution < -0.4 is 30.3 Å². The topological polar surface area (TPSA) is 196 Å². The number of nitrogens with one attached hydrogen (secondary N) is 1. The Hall–Kier alpha value is -6.42. The lowest BCUT2D eigenvalue weighted by Gasteiger charge is -2.31. The van der Waals surface area contributed by atoms with E-state index in [-0.39, 0.29) is 115 Å². The van der Waals surface area contributed by atoms with Gasteiger partial charge in [-0.25, -0.2) is 23.8 Å². The molecule has 0 bridgehead atoms. The normalized spacial score (nSPS) is 16.8. The van der Waals surface area contributed by atoms with Crippen LogP contribution in [0, 0.1) is 0 Å². The zero-order valence-corrected chi connectivity index (χ0v) is 48.2. The molecule has 8 aromatic rings. The minimum absolute atomic E-state index is 0. The van der Waals surface area contributed by atoms with E-state index in [2.05, 4.69) is 25.5 Å². The second kappa shape index (κ2) is 26.2. The van der Waals surface area contributed by atoms with Gasteiger partial charge < -0.3 is 44.9 Å². The Labute approximate surface area is 503 Å². The van der Waals surface area contributed by atoms with Crippen LogP contribution in [0.2, 0.25) is 20.1 Å². The molecule has 440 valence electrons. The molecule has 2 saturated heterocycles. The smallest absolute Gasteiger partial charge is 0.435 e. The Bertz CT molecular complexity index is 3640. The Kier molecular flexibility index (Phi) is 19.8. The third kappa shape index (κ3) is 13.6. The fourth-order valence-electron chi connectivity index (χ4n) is 9.86. The fraction of sp³-hybridized carbons (Fsp3) is 0.296. The highest BCUT2D eigenvalue weighted by Crippen LogP contribution is 2.43. The van der Waals surface area contributed by atoms with Crippen molar-refractivity contribution in [2.45, 2.75) is 37.3 Å². The number of alkyl halides is 6. The largest absolute Gasteiger partial charge is 0.493 e. The van der Waals surface area contributed by atoms with Crippen LogP contribution in [0.1, 0.15) is 68.2 Å². The van der Waals surface area contributed by atoms with Crippen LogP contribution in [0.5, 0.6) is 11.5 Å². The maximum Gasteiger partial charge on any atom is 0.435 e. The predicted octanol–water partition coefficient (Wildman–Crippen LogP) is 11.8. The lowest BCUT2D eigenvalue weighted by atomic mass is 10.00. The van der Waals surface area contributed by atoms with Crippen molar-refractivity contribution in [3.05, 3.63) is 151 Å². The first kappa shape index (κ1) is 62.6. The number of benzene rings is 4. The number of hydrogen-bond donors (Lipinski definition) is 3. The molecule has 4 N–H and O–H groups in total. The van der Waals surface area contributed by atoms with E-state index in [9.17, 15) is 41.0 Å². The quantitative estimate of drug-likeness (QED) is 0.127. The summed E-state index contributed by atoms with van der Waals surface area (Å²) in [6, 6.07) is 23.3. The van der Waals surface area contributed by atoms with Gasteiger partial charge in [-0.2, -0.15) is 63.5 Å². The maximum atomic E-state index is 14.4. The van der Waals surface area contributed by atoms with Crippen LogP contribution in [0.4, 0.5) is 37.7 Å². The Morgan fingerprint density at radius 1 is 0.590 bits per heavy atom. The van der Waals surface area contributed by atoms with E-state index in [0.29, 0.717) is 71.4 Å². The molecule has 0 aliphatic carbocycles. The van der Waals surface area contributed by atoms with Crippen LogP contribution in [-0.4, -0.2) is 112 Å². The molecule has 83 heavy (non-hydrogen) atoms. The summed E-state index contributed by atoms with van der Waals surface area (Å²) in [5, 5.41) is 21.4. The van der Waals surface area contributed by atoms with E-state index in [1.165, 1.54) is 42.6 Å². The number of fused-ring (bicyclic) bond motifs is 4. The molecule has 4 aliphatic rings. The molecule has 4 aromatic carbocycles. The summed E-state index contributed by atoms with van der Waals surface area (Å²) in [6.45, 7) is 3.75. The van der Waals surface area contributed by atoms with Crippen LogP contribution in [-0.2, 0) is 21.8 Å². The summed E-state index contributed by atoms with van der Waals surface area (Å²) in [4.78, 5) is 36.7. The van der Waals surface area contributed by atoms with Gasteiger partial charge in [-0.05, 0) is 48.5 Å². The Morgan fingerprint density at radius 3 is 1.45 bits per heavy atom. The monoisotopic (exact) mass is 1270 g/mol.